The SMILES string of the molecule is COc1ccccc1C1/C(=C(\O)c2cc(Cl)ccc2O)C(=O)C(=O)N1CCCN1CCOCC1. The summed E-state index contributed by atoms with van der Waals surface area (Å²) in [5.74, 6) is -1.78. The Balaban J connectivity index is 1.74. The topological polar surface area (TPSA) is 99.5 Å². The van der Waals surface area contributed by atoms with Crippen LogP contribution in [0.4, 0.5) is 0 Å². The van der Waals surface area contributed by atoms with Gasteiger partial charge in [-0.3, -0.25) is 14.5 Å². The molecular weight excluding hydrogens is 460 g/mol. The van der Waals surface area contributed by atoms with Gasteiger partial charge in [-0.05, 0) is 30.7 Å². The number of aromatic hydroxyl groups is 1. The van der Waals surface area contributed by atoms with Crippen molar-refractivity contribution >= 4 is 29.1 Å². The molecule has 2 N–H and O–H groups in total. The molecule has 0 aromatic heterocycles. The summed E-state index contributed by atoms with van der Waals surface area (Å²) in [6.07, 6.45) is 0.640. The third-order valence-corrected chi connectivity index (χ3v) is 6.40. The highest BCUT2D eigenvalue weighted by molar-refractivity contribution is 6.46. The average molecular weight is 487 g/mol. The van der Waals surface area contributed by atoms with E-state index in [0.717, 1.165) is 19.6 Å². The molecule has 0 radical (unpaired) electrons. The number of para-hydroxylation sites is 1. The van der Waals surface area contributed by atoms with E-state index in [2.05, 4.69) is 4.90 Å². The lowest BCUT2D eigenvalue weighted by Gasteiger charge is -2.29. The van der Waals surface area contributed by atoms with Gasteiger partial charge in [-0.25, -0.2) is 0 Å². The minimum atomic E-state index is -0.876. The second-order valence-corrected chi connectivity index (χ2v) is 8.64. The van der Waals surface area contributed by atoms with Crippen molar-refractivity contribution in [1.29, 1.82) is 0 Å². The molecule has 1 atom stereocenters. The van der Waals surface area contributed by atoms with Gasteiger partial charge in [-0.2, -0.15) is 0 Å². The number of phenolic OH excluding ortho intramolecular Hbond substituents is 1. The van der Waals surface area contributed by atoms with Crippen LogP contribution in [0.15, 0.2) is 48.0 Å². The quantitative estimate of drug-likeness (QED) is 0.352. The number of aliphatic hydroxyl groups excluding tert-OH is 1. The number of Topliss-reactive ketones (excluding diaryl/α,β-unsaturated/α-hetero) is 1. The molecular formula is C25H27ClN2O6. The molecule has 8 nitrogen and oxygen atoms in total. The van der Waals surface area contributed by atoms with Crippen molar-refractivity contribution in [3.05, 3.63) is 64.2 Å². The Hall–Kier alpha value is -3.07. The number of ether oxygens (including phenoxy) is 2. The molecule has 0 aliphatic carbocycles. The van der Waals surface area contributed by atoms with E-state index in [1.54, 1.807) is 24.3 Å². The van der Waals surface area contributed by atoms with Gasteiger partial charge in [0.25, 0.3) is 11.7 Å². The van der Waals surface area contributed by atoms with Crippen molar-refractivity contribution in [2.24, 2.45) is 0 Å². The third-order valence-electron chi connectivity index (χ3n) is 6.16. The summed E-state index contributed by atoms with van der Waals surface area (Å²) in [7, 11) is 1.51. The Morgan fingerprint density at radius 3 is 2.62 bits per heavy atom. The Morgan fingerprint density at radius 1 is 1.15 bits per heavy atom. The summed E-state index contributed by atoms with van der Waals surface area (Å²) in [6.45, 7) is 4.05. The summed E-state index contributed by atoms with van der Waals surface area (Å²) in [5.41, 5.74) is 0.441. The normalized spacial score (nSPS) is 20.6. The summed E-state index contributed by atoms with van der Waals surface area (Å²) < 4.78 is 10.9. The highest BCUT2D eigenvalue weighted by Crippen LogP contribution is 2.43. The number of benzene rings is 2. The highest BCUT2D eigenvalue weighted by atomic mass is 35.5. The summed E-state index contributed by atoms with van der Waals surface area (Å²) in [6, 6.07) is 10.3. The Labute approximate surface area is 202 Å². The Bertz CT molecular complexity index is 1110. The molecule has 1 unspecified atom stereocenters. The monoisotopic (exact) mass is 486 g/mol. The van der Waals surface area contributed by atoms with Crippen LogP contribution < -0.4 is 4.74 Å². The van der Waals surface area contributed by atoms with Gasteiger partial charge in [0.2, 0.25) is 0 Å². The molecule has 2 fully saturated rings. The lowest BCUT2D eigenvalue weighted by molar-refractivity contribution is -0.140. The zero-order valence-electron chi connectivity index (χ0n) is 18.9. The Kier molecular flexibility index (Phi) is 7.41. The number of ketones is 1. The summed E-state index contributed by atoms with van der Waals surface area (Å²) in [5, 5.41) is 21.7. The second-order valence-electron chi connectivity index (χ2n) is 8.20. The largest absolute Gasteiger partial charge is 0.507 e. The van der Waals surface area contributed by atoms with Crippen LogP contribution in [0.5, 0.6) is 11.5 Å². The van der Waals surface area contributed by atoms with E-state index < -0.39 is 23.5 Å². The summed E-state index contributed by atoms with van der Waals surface area (Å²) in [4.78, 5) is 30.0. The second kappa shape index (κ2) is 10.5. The number of carbonyl (C=O) groups is 2. The number of amides is 1. The van der Waals surface area contributed by atoms with Crippen molar-refractivity contribution < 1.29 is 29.3 Å². The molecule has 0 spiro atoms. The summed E-state index contributed by atoms with van der Waals surface area (Å²) >= 11 is 6.06. The molecule has 2 heterocycles. The van der Waals surface area contributed by atoms with Crippen LogP contribution in [0, 0.1) is 0 Å². The van der Waals surface area contributed by atoms with E-state index in [0.29, 0.717) is 37.5 Å². The minimum Gasteiger partial charge on any atom is -0.507 e. The van der Waals surface area contributed by atoms with Gasteiger partial charge in [0, 0.05) is 36.8 Å². The van der Waals surface area contributed by atoms with Gasteiger partial charge >= 0.3 is 0 Å². The molecule has 9 heteroatoms. The molecule has 0 bridgehead atoms. The fourth-order valence-electron chi connectivity index (χ4n) is 4.46. The maximum atomic E-state index is 13.2. The lowest BCUT2D eigenvalue weighted by Crippen LogP contribution is -2.39. The molecule has 2 aliphatic heterocycles. The number of nitrogens with zero attached hydrogens (tertiary/aromatic N) is 2. The van der Waals surface area contributed by atoms with Crippen LogP contribution in [0.1, 0.15) is 23.6 Å². The van der Waals surface area contributed by atoms with E-state index in [4.69, 9.17) is 21.1 Å². The Morgan fingerprint density at radius 2 is 1.88 bits per heavy atom. The van der Waals surface area contributed by atoms with Crippen LogP contribution in [0.3, 0.4) is 0 Å². The maximum Gasteiger partial charge on any atom is 0.295 e. The van der Waals surface area contributed by atoms with Crippen LogP contribution >= 0.6 is 11.6 Å². The van der Waals surface area contributed by atoms with Gasteiger partial charge in [0.05, 0.1) is 37.5 Å². The number of hydrogen-bond acceptors (Lipinski definition) is 7. The first-order chi connectivity index (χ1) is 16.4. The number of likely N-dealkylation sites (tertiary alicyclic amines) is 1. The first-order valence-electron chi connectivity index (χ1n) is 11.1. The van der Waals surface area contributed by atoms with Gasteiger partial charge in [-0.1, -0.05) is 29.8 Å². The van der Waals surface area contributed by atoms with Crippen LogP contribution in [0.25, 0.3) is 5.76 Å². The number of phenols is 1. The number of carbonyl (C=O) groups excluding carboxylic acids is 2. The van der Waals surface area contributed by atoms with E-state index in [9.17, 15) is 19.8 Å². The average Bonchev–Trinajstić information content (AvgIpc) is 3.10. The van der Waals surface area contributed by atoms with Gasteiger partial charge in [0.1, 0.15) is 17.3 Å². The van der Waals surface area contributed by atoms with Gasteiger partial charge in [-0.15, -0.1) is 0 Å². The predicted molar refractivity (Wildman–Crippen MR) is 127 cm³/mol. The zero-order valence-corrected chi connectivity index (χ0v) is 19.6. The molecule has 2 aromatic carbocycles. The minimum absolute atomic E-state index is 0.0151. The molecule has 2 aromatic rings. The predicted octanol–water partition coefficient (Wildman–Crippen LogP) is 3.20. The van der Waals surface area contributed by atoms with Crippen LogP contribution in [-0.4, -0.2) is 78.2 Å². The maximum absolute atomic E-state index is 13.2. The number of hydrogen-bond donors (Lipinski definition) is 2. The van der Waals surface area contributed by atoms with E-state index in [1.165, 1.54) is 30.2 Å². The molecule has 0 saturated carbocycles. The van der Waals surface area contributed by atoms with Crippen LogP contribution in [0.2, 0.25) is 5.02 Å². The van der Waals surface area contributed by atoms with Crippen molar-refractivity contribution in [3.63, 3.8) is 0 Å². The van der Waals surface area contributed by atoms with E-state index in [1.807, 2.05) is 0 Å². The number of halogens is 1. The number of methoxy groups -OCH3 is 1. The molecule has 1 amide bonds. The fraction of sp³-hybridized carbons (Fsp3) is 0.360. The molecule has 34 heavy (non-hydrogen) atoms. The fourth-order valence-corrected chi connectivity index (χ4v) is 4.63. The number of rotatable bonds is 7. The van der Waals surface area contributed by atoms with Crippen molar-refractivity contribution in [1.82, 2.24) is 9.80 Å². The zero-order chi connectivity index (χ0) is 24.2. The molecule has 180 valence electrons. The third kappa shape index (κ3) is 4.75. The lowest BCUT2D eigenvalue weighted by atomic mass is 9.94. The highest BCUT2D eigenvalue weighted by Gasteiger charge is 2.47. The van der Waals surface area contributed by atoms with Gasteiger partial charge in [0.15, 0.2) is 0 Å². The molecule has 2 aliphatic rings. The number of aliphatic hydroxyl groups is 1. The first-order valence-corrected chi connectivity index (χ1v) is 11.5. The van der Waals surface area contributed by atoms with Crippen LogP contribution in [-0.2, 0) is 14.3 Å². The van der Waals surface area contributed by atoms with Crippen molar-refractivity contribution in [2.75, 3.05) is 46.5 Å². The number of morpholine rings is 1. The van der Waals surface area contributed by atoms with Crippen molar-refractivity contribution in [3.8, 4) is 11.5 Å². The standard InChI is InChI=1S/C25H27ClN2O6/c1-33-20-6-3-2-5-17(20)22-21(23(30)18-15-16(26)7-8-19(18)29)24(31)25(32)28(22)10-4-9-27-11-13-34-14-12-27/h2-3,5-8,15,22,29-30H,4,9-14H2,1H3/b23-21+. The molecule has 2 saturated heterocycles. The van der Waals surface area contributed by atoms with E-state index in [-0.39, 0.29) is 21.9 Å². The first kappa shape index (κ1) is 24.1. The van der Waals surface area contributed by atoms with E-state index >= 15 is 0 Å². The van der Waals surface area contributed by atoms with Crippen molar-refractivity contribution in [2.45, 2.75) is 12.5 Å². The smallest absolute Gasteiger partial charge is 0.295 e. The van der Waals surface area contributed by atoms with Gasteiger partial charge < -0.3 is 24.6 Å². The molecule has 4 rings (SSSR count).